The first-order valence-electron chi connectivity index (χ1n) is 3.89. The zero-order valence-corrected chi connectivity index (χ0v) is 10.3. The molecule has 0 aliphatic heterocycles. The smallest absolute Gasteiger partial charge is 0.487 e. The minimum absolute atomic E-state index is 0.192. The fraction of sp³-hybridized carbons (Fsp3) is 0.286. The van der Waals surface area contributed by atoms with Crippen LogP contribution >= 0.6 is 22.6 Å². The second kappa shape index (κ2) is 4.89. The Kier molecular flexibility index (Phi) is 3.95. The molecule has 6 nitrogen and oxygen atoms in total. The van der Waals surface area contributed by atoms with Crippen molar-refractivity contribution in [2.75, 3.05) is 7.11 Å². The molecule has 0 unspecified atom stereocenters. The normalized spacial score (nSPS) is 11.1. The average molecular weight is 364 g/mol. The molecule has 1 rings (SSSR count). The van der Waals surface area contributed by atoms with Crippen LogP contribution in [0.25, 0.3) is 0 Å². The first-order chi connectivity index (χ1) is 7.76. The van der Waals surface area contributed by atoms with E-state index < -0.39 is 28.5 Å². The van der Waals surface area contributed by atoms with E-state index in [2.05, 4.69) is 14.5 Å². The van der Waals surface area contributed by atoms with E-state index in [0.29, 0.717) is 0 Å². The van der Waals surface area contributed by atoms with Crippen molar-refractivity contribution < 1.29 is 27.6 Å². The molecule has 0 aliphatic carbocycles. The maximum atomic E-state index is 12.1. The largest absolute Gasteiger partial charge is 0.573 e. The van der Waals surface area contributed by atoms with Gasteiger partial charge in [-0.15, -0.1) is 13.2 Å². The molecule has 0 spiro atoms. The number of aromatic nitrogens is 1. The van der Waals surface area contributed by atoms with Gasteiger partial charge < -0.3 is 9.47 Å². The van der Waals surface area contributed by atoms with Gasteiger partial charge in [0.15, 0.2) is 0 Å². The molecule has 0 amide bonds. The lowest BCUT2D eigenvalue weighted by Crippen LogP contribution is -2.19. The highest BCUT2D eigenvalue weighted by atomic mass is 127. The average Bonchev–Trinajstić information content (AvgIpc) is 2.18. The fourth-order valence-corrected chi connectivity index (χ4v) is 1.47. The number of hydrogen-bond acceptors (Lipinski definition) is 5. The van der Waals surface area contributed by atoms with E-state index in [1.54, 1.807) is 0 Å². The summed E-state index contributed by atoms with van der Waals surface area (Å²) in [6.07, 6.45) is -4.19. The fourth-order valence-electron chi connectivity index (χ4n) is 0.977. The molecule has 1 aromatic rings. The van der Waals surface area contributed by atoms with Crippen LogP contribution < -0.4 is 9.47 Å². The predicted octanol–water partition coefficient (Wildman–Crippen LogP) is 2.50. The Morgan fingerprint density at radius 3 is 2.47 bits per heavy atom. The zero-order chi connectivity index (χ0) is 13.2. The molecule has 0 N–H and O–H groups in total. The highest BCUT2D eigenvalue weighted by molar-refractivity contribution is 14.1. The van der Waals surface area contributed by atoms with E-state index in [-0.39, 0.29) is 3.70 Å². The highest BCUT2D eigenvalue weighted by Gasteiger charge is 2.36. The number of pyridine rings is 1. The van der Waals surface area contributed by atoms with E-state index in [1.807, 2.05) is 0 Å². The summed E-state index contributed by atoms with van der Waals surface area (Å²) < 4.78 is 44.3. The Labute approximate surface area is 106 Å². The summed E-state index contributed by atoms with van der Waals surface area (Å²) in [6.45, 7) is 0. The first kappa shape index (κ1) is 13.7. The Morgan fingerprint density at radius 1 is 1.47 bits per heavy atom. The van der Waals surface area contributed by atoms with Gasteiger partial charge in [-0.2, -0.15) is 0 Å². The molecule has 0 saturated heterocycles. The monoisotopic (exact) mass is 364 g/mol. The topological polar surface area (TPSA) is 74.5 Å². The summed E-state index contributed by atoms with van der Waals surface area (Å²) in [6, 6.07) is 0. The minimum Gasteiger partial charge on any atom is -0.487 e. The molecule has 0 atom stereocenters. The van der Waals surface area contributed by atoms with Gasteiger partial charge in [-0.05, 0) is 22.6 Å². The predicted molar refractivity (Wildman–Crippen MR) is 56.8 cm³/mol. The summed E-state index contributed by atoms with van der Waals surface area (Å²) in [7, 11) is 1.00. The molecule has 17 heavy (non-hydrogen) atoms. The summed E-state index contributed by atoms with van der Waals surface area (Å²) in [5.74, 6) is -1.44. The maximum Gasteiger partial charge on any atom is 0.573 e. The number of halogens is 4. The van der Waals surface area contributed by atoms with Gasteiger partial charge in [0.1, 0.15) is 9.90 Å². The summed E-state index contributed by atoms with van der Waals surface area (Å²) in [4.78, 5) is 13.1. The summed E-state index contributed by atoms with van der Waals surface area (Å²) in [5, 5.41) is 10.6. The van der Waals surface area contributed by atoms with Gasteiger partial charge in [-0.25, -0.2) is 4.98 Å². The Morgan fingerprint density at radius 2 is 2.06 bits per heavy atom. The van der Waals surface area contributed by atoms with Crippen LogP contribution in [0.4, 0.5) is 18.9 Å². The maximum absolute atomic E-state index is 12.1. The second-order valence-corrected chi connectivity index (χ2v) is 3.62. The molecule has 0 bridgehead atoms. The van der Waals surface area contributed by atoms with Crippen molar-refractivity contribution in [2.24, 2.45) is 0 Å². The number of nitrogens with zero attached hydrogens (tertiary/aromatic N) is 2. The first-order valence-corrected chi connectivity index (χ1v) is 4.96. The van der Waals surface area contributed by atoms with Crippen LogP contribution in [0, 0.1) is 13.8 Å². The van der Waals surface area contributed by atoms with E-state index >= 15 is 0 Å². The molecule has 1 heterocycles. The molecular weight excluding hydrogens is 360 g/mol. The summed E-state index contributed by atoms with van der Waals surface area (Å²) >= 11 is 1.45. The molecule has 0 aliphatic rings. The third-order valence-corrected chi connectivity index (χ3v) is 2.31. The highest BCUT2D eigenvalue weighted by Crippen LogP contribution is 2.41. The van der Waals surface area contributed by atoms with Crippen LogP contribution in [0.2, 0.25) is 0 Å². The molecule has 94 valence electrons. The van der Waals surface area contributed by atoms with Crippen LogP contribution in [0.1, 0.15) is 0 Å². The van der Waals surface area contributed by atoms with E-state index in [4.69, 9.17) is 0 Å². The lowest BCUT2D eigenvalue weighted by atomic mass is 10.3. The number of alkyl halides is 3. The number of methoxy groups -OCH3 is 1. The molecule has 0 radical (unpaired) electrons. The van der Waals surface area contributed by atoms with Crippen molar-refractivity contribution in [3.63, 3.8) is 0 Å². The van der Waals surface area contributed by atoms with Crippen molar-refractivity contribution in [3.8, 4) is 11.5 Å². The number of ether oxygens (including phenoxy) is 2. The SMILES string of the molecule is COc1c([N+](=O)[O-])cnc(I)c1OC(F)(F)F. The number of hydrogen-bond donors (Lipinski definition) is 0. The third-order valence-electron chi connectivity index (χ3n) is 1.55. The van der Waals surface area contributed by atoms with Gasteiger partial charge in [-0.1, -0.05) is 0 Å². The molecule has 1 aromatic heterocycles. The van der Waals surface area contributed by atoms with Crippen LogP contribution in [0.5, 0.6) is 11.5 Å². The van der Waals surface area contributed by atoms with Crippen LogP contribution in [0.15, 0.2) is 6.20 Å². The van der Waals surface area contributed by atoms with Gasteiger partial charge in [0.25, 0.3) is 0 Å². The third kappa shape index (κ3) is 3.31. The molecule has 10 heteroatoms. The zero-order valence-electron chi connectivity index (χ0n) is 8.12. The lowest BCUT2D eigenvalue weighted by Gasteiger charge is -2.13. The van der Waals surface area contributed by atoms with Gasteiger partial charge >= 0.3 is 12.0 Å². The van der Waals surface area contributed by atoms with Crippen LogP contribution in [0.3, 0.4) is 0 Å². The van der Waals surface area contributed by atoms with Gasteiger partial charge in [0, 0.05) is 0 Å². The Hall–Kier alpha value is -1.33. The van der Waals surface area contributed by atoms with Crippen molar-refractivity contribution in [1.82, 2.24) is 4.98 Å². The molecule has 0 saturated carbocycles. The van der Waals surface area contributed by atoms with E-state index in [0.717, 1.165) is 13.3 Å². The second-order valence-electron chi connectivity index (χ2n) is 2.60. The lowest BCUT2D eigenvalue weighted by molar-refractivity contribution is -0.386. The van der Waals surface area contributed by atoms with E-state index in [9.17, 15) is 23.3 Å². The van der Waals surface area contributed by atoms with Gasteiger partial charge in [0.05, 0.1) is 12.0 Å². The Bertz CT molecular complexity index is 451. The number of nitro groups is 1. The molecule has 0 fully saturated rings. The van der Waals surface area contributed by atoms with Crippen LogP contribution in [-0.4, -0.2) is 23.4 Å². The van der Waals surface area contributed by atoms with Crippen molar-refractivity contribution >= 4 is 28.3 Å². The van der Waals surface area contributed by atoms with Crippen molar-refractivity contribution in [3.05, 3.63) is 20.0 Å². The quantitative estimate of drug-likeness (QED) is 0.357. The molecule has 0 aromatic carbocycles. The van der Waals surface area contributed by atoms with Gasteiger partial charge in [0.2, 0.25) is 11.5 Å². The van der Waals surface area contributed by atoms with Crippen LogP contribution in [-0.2, 0) is 0 Å². The van der Waals surface area contributed by atoms with E-state index in [1.165, 1.54) is 22.6 Å². The van der Waals surface area contributed by atoms with Crippen molar-refractivity contribution in [2.45, 2.75) is 6.36 Å². The van der Waals surface area contributed by atoms with Gasteiger partial charge in [-0.3, -0.25) is 10.1 Å². The standard InChI is InChI=1S/C7H4F3IN2O4/c1-16-4-3(13(14)15)2-12-6(11)5(4)17-7(8,9)10/h2H,1H3. The number of rotatable bonds is 3. The Balaban J connectivity index is 3.35. The summed E-state index contributed by atoms with van der Waals surface area (Å²) in [5.41, 5.74) is -0.702. The molecular formula is C7H4F3IN2O4. The minimum atomic E-state index is -4.98. The van der Waals surface area contributed by atoms with Crippen molar-refractivity contribution in [1.29, 1.82) is 0 Å².